The highest BCUT2D eigenvalue weighted by atomic mass is 16.4. The molecule has 1 aromatic carbocycles. The molecular formula is C17H18O3. The van der Waals surface area contributed by atoms with Gasteiger partial charge in [-0.15, -0.1) is 0 Å². The number of benzene rings is 1. The monoisotopic (exact) mass is 270 g/mol. The van der Waals surface area contributed by atoms with Crippen LogP contribution in [0.25, 0.3) is 11.1 Å². The van der Waals surface area contributed by atoms with E-state index < -0.39 is 5.97 Å². The van der Waals surface area contributed by atoms with E-state index in [1.165, 1.54) is 5.57 Å². The zero-order valence-corrected chi connectivity index (χ0v) is 11.4. The molecule has 0 heterocycles. The summed E-state index contributed by atoms with van der Waals surface area (Å²) in [6, 6.07) is 3.56. The zero-order valence-electron chi connectivity index (χ0n) is 11.4. The Hall–Kier alpha value is -2.03. The minimum absolute atomic E-state index is 0.0121. The first kappa shape index (κ1) is 13.0. The molecule has 0 saturated carbocycles. The van der Waals surface area contributed by atoms with E-state index >= 15 is 0 Å². The van der Waals surface area contributed by atoms with Gasteiger partial charge in [0, 0.05) is 5.56 Å². The molecule has 2 aliphatic carbocycles. The fraction of sp³-hybridized carbons (Fsp3) is 0.353. The standard InChI is InChI=1S/C17H18O3/c18-16-14(12-7-3-4-8-12)9-13(10-15(16)17(19)20)11-5-1-2-6-11/h5,7,9-10,18H,1-4,6,8H2,(H,19,20). The molecule has 0 bridgehead atoms. The second-order valence-corrected chi connectivity index (χ2v) is 5.47. The van der Waals surface area contributed by atoms with E-state index in [9.17, 15) is 15.0 Å². The van der Waals surface area contributed by atoms with E-state index in [2.05, 4.69) is 12.2 Å². The summed E-state index contributed by atoms with van der Waals surface area (Å²) in [4.78, 5) is 11.4. The fourth-order valence-electron chi connectivity index (χ4n) is 3.08. The van der Waals surface area contributed by atoms with E-state index in [1.54, 1.807) is 6.07 Å². The van der Waals surface area contributed by atoms with Crippen LogP contribution in [0.4, 0.5) is 0 Å². The first-order valence-electron chi connectivity index (χ1n) is 7.16. The molecule has 0 saturated heterocycles. The maximum Gasteiger partial charge on any atom is 0.339 e. The number of allylic oxidation sites excluding steroid dienone is 4. The number of aromatic hydroxyl groups is 1. The van der Waals surface area contributed by atoms with Crippen LogP contribution < -0.4 is 0 Å². The zero-order chi connectivity index (χ0) is 14.1. The van der Waals surface area contributed by atoms with Gasteiger partial charge in [0.25, 0.3) is 0 Å². The molecule has 20 heavy (non-hydrogen) atoms. The summed E-state index contributed by atoms with van der Waals surface area (Å²) in [5, 5.41) is 19.5. The molecule has 1 aromatic rings. The molecule has 0 aliphatic heterocycles. The molecule has 0 amide bonds. The Morgan fingerprint density at radius 3 is 2.20 bits per heavy atom. The molecule has 0 aromatic heterocycles. The summed E-state index contributed by atoms with van der Waals surface area (Å²) in [5.41, 5.74) is 3.93. The van der Waals surface area contributed by atoms with Crippen LogP contribution in [0.5, 0.6) is 5.75 Å². The quantitative estimate of drug-likeness (QED) is 0.864. The summed E-state index contributed by atoms with van der Waals surface area (Å²) in [5.74, 6) is -1.16. The third-order valence-corrected chi connectivity index (χ3v) is 4.14. The van der Waals surface area contributed by atoms with E-state index in [-0.39, 0.29) is 11.3 Å². The number of carboxylic acid groups (broad SMARTS) is 1. The van der Waals surface area contributed by atoms with Crippen LogP contribution in [-0.2, 0) is 0 Å². The molecule has 0 fully saturated rings. The van der Waals surface area contributed by atoms with Crippen LogP contribution in [0.1, 0.15) is 60.0 Å². The summed E-state index contributed by atoms with van der Waals surface area (Å²) in [6.45, 7) is 0. The van der Waals surface area contributed by atoms with Crippen molar-refractivity contribution < 1.29 is 15.0 Å². The summed E-state index contributed by atoms with van der Waals surface area (Å²) >= 11 is 0. The Morgan fingerprint density at radius 1 is 1.00 bits per heavy atom. The van der Waals surface area contributed by atoms with Crippen molar-refractivity contribution in [3.05, 3.63) is 41.0 Å². The molecule has 3 rings (SSSR count). The van der Waals surface area contributed by atoms with Crippen LogP contribution in [-0.4, -0.2) is 16.2 Å². The topological polar surface area (TPSA) is 57.5 Å². The number of carboxylic acids is 1. The Bertz CT molecular complexity index is 623. The summed E-state index contributed by atoms with van der Waals surface area (Å²) in [7, 11) is 0. The van der Waals surface area contributed by atoms with Gasteiger partial charge in [0.1, 0.15) is 11.3 Å². The molecule has 3 heteroatoms. The van der Waals surface area contributed by atoms with Crippen molar-refractivity contribution >= 4 is 17.1 Å². The highest BCUT2D eigenvalue weighted by Gasteiger charge is 2.21. The van der Waals surface area contributed by atoms with Crippen LogP contribution in [0.3, 0.4) is 0 Å². The molecule has 104 valence electrons. The van der Waals surface area contributed by atoms with Crippen LogP contribution in [0, 0.1) is 0 Å². The molecular weight excluding hydrogens is 252 g/mol. The van der Waals surface area contributed by atoms with Crippen molar-refractivity contribution in [3.63, 3.8) is 0 Å². The fourth-order valence-corrected chi connectivity index (χ4v) is 3.08. The van der Waals surface area contributed by atoms with Crippen molar-refractivity contribution in [2.75, 3.05) is 0 Å². The van der Waals surface area contributed by atoms with Crippen molar-refractivity contribution in [1.29, 1.82) is 0 Å². The molecule has 2 aliphatic rings. The highest BCUT2D eigenvalue weighted by Crippen LogP contribution is 2.39. The van der Waals surface area contributed by atoms with Gasteiger partial charge in [0.2, 0.25) is 0 Å². The Balaban J connectivity index is 2.14. The van der Waals surface area contributed by atoms with E-state index in [1.807, 2.05) is 6.07 Å². The lowest BCUT2D eigenvalue weighted by atomic mass is 9.94. The lowest BCUT2D eigenvalue weighted by molar-refractivity contribution is 0.0693. The van der Waals surface area contributed by atoms with Crippen molar-refractivity contribution in [2.45, 2.75) is 38.5 Å². The maximum absolute atomic E-state index is 11.4. The van der Waals surface area contributed by atoms with Crippen molar-refractivity contribution in [2.24, 2.45) is 0 Å². The number of aromatic carboxylic acids is 1. The minimum Gasteiger partial charge on any atom is -0.506 e. The number of carbonyl (C=O) groups is 1. The van der Waals surface area contributed by atoms with E-state index in [4.69, 9.17) is 0 Å². The van der Waals surface area contributed by atoms with Gasteiger partial charge in [-0.05, 0) is 67.4 Å². The van der Waals surface area contributed by atoms with Crippen molar-refractivity contribution in [1.82, 2.24) is 0 Å². The molecule has 0 atom stereocenters. The molecule has 0 spiro atoms. The largest absolute Gasteiger partial charge is 0.506 e. The first-order chi connectivity index (χ1) is 9.66. The lowest BCUT2D eigenvalue weighted by Gasteiger charge is -2.12. The summed E-state index contributed by atoms with van der Waals surface area (Å²) < 4.78 is 0. The van der Waals surface area contributed by atoms with Gasteiger partial charge in [-0.25, -0.2) is 4.79 Å². The van der Waals surface area contributed by atoms with Gasteiger partial charge >= 0.3 is 5.97 Å². The third kappa shape index (κ3) is 2.24. The predicted molar refractivity (Wildman–Crippen MR) is 78.7 cm³/mol. The molecule has 3 nitrogen and oxygen atoms in total. The average molecular weight is 270 g/mol. The van der Waals surface area contributed by atoms with E-state index in [0.29, 0.717) is 5.56 Å². The van der Waals surface area contributed by atoms with Gasteiger partial charge in [0.05, 0.1) is 0 Å². The second-order valence-electron chi connectivity index (χ2n) is 5.47. The molecule has 0 radical (unpaired) electrons. The second kappa shape index (κ2) is 5.16. The Labute approximate surface area is 118 Å². The molecule has 2 N–H and O–H groups in total. The normalized spacial score (nSPS) is 18.0. The minimum atomic E-state index is -1.07. The van der Waals surface area contributed by atoms with Gasteiger partial charge in [-0.3, -0.25) is 0 Å². The first-order valence-corrected chi connectivity index (χ1v) is 7.16. The Kier molecular flexibility index (Phi) is 3.35. The maximum atomic E-state index is 11.4. The van der Waals surface area contributed by atoms with Gasteiger partial charge < -0.3 is 10.2 Å². The molecule has 0 unspecified atom stereocenters. The number of phenols is 1. The number of hydrogen-bond acceptors (Lipinski definition) is 2. The van der Waals surface area contributed by atoms with Gasteiger partial charge in [-0.1, -0.05) is 12.2 Å². The third-order valence-electron chi connectivity index (χ3n) is 4.14. The summed E-state index contributed by atoms with van der Waals surface area (Å²) in [6.07, 6.45) is 10.4. The Morgan fingerprint density at radius 2 is 1.65 bits per heavy atom. The average Bonchev–Trinajstić information content (AvgIpc) is 3.12. The predicted octanol–water partition coefficient (Wildman–Crippen LogP) is 4.23. The lowest BCUT2D eigenvalue weighted by Crippen LogP contribution is -2.01. The van der Waals surface area contributed by atoms with E-state index in [0.717, 1.165) is 49.7 Å². The van der Waals surface area contributed by atoms with Crippen LogP contribution in [0.2, 0.25) is 0 Å². The highest BCUT2D eigenvalue weighted by molar-refractivity contribution is 5.95. The van der Waals surface area contributed by atoms with Crippen molar-refractivity contribution in [3.8, 4) is 5.75 Å². The van der Waals surface area contributed by atoms with Gasteiger partial charge in [0.15, 0.2) is 0 Å². The number of rotatable bonds is 3. The van der Waals surface area contributed by atoms with Crippen LogP contribution in [0.15, 0.2) is 24.3 Å². The smallest absolute Gasteiger partial charge is 0.339 e. The SMILES string of the molecule is O=C(O)c1cc(C2=CCCC2)cc(C2=CCCC2)c1O. The van der Waals surface area contributed by atoms with Gasteiger partial charge in [-0.2, -0.15) is 0 Å². The number of hydrogen-bond donors (Lipinski definition) is 2. The van der Waals surface area contributed by atoms with Crippen LogP contribution >= 0.6 is 0 Å².